The molecule has 0 radical (unpaired) electrons. The molecular formula is C42H42F4N2Ti. The molecule has 0 bridgehead atoms. The normalized spacial score (nSPS) is 17.4. The molecule has 0 saturated heterocycles. The molecule has 0 saturated carbocycles. The second kappa shape index (κ2) is 13.6. The fourth-order valence-corrected chi connectivity index (χ4v) is 17.8. The van der Waals surface area contributed by atoms with Crippen LogP contribution in [0.5, 0.6) is 0 Å². The molecule has 0 spiro atoms. The van der Waals surface area contributed by atoms with Crippen molar-refractivity contribution >= 4 is 7.74 Å². The molecule has 252 valence electrons. The fraction of sp³-hybridized carbons (Fsp3) is 0.333. The van der Waals surface area contributed by atoms with Crippen molar-refractivity contribution in [3.8, 4) is 0 Å². The maximum absolute atomic E-state index is 17.2. The van der Waals surface area contributed by atoms with E-state index in [0.29, 0.717) is 37.1 Å². The van der Waals surface area contributed by atoms with Gasteiger partial charge in [0.2, 0.25) is 0 Å². The summed E-state index contributed by atoms with van der Waals surface area (Å²) in [6.45, 7) is 1.09. The molecule has 0 atom stereocenters. The van der Waals surface area contributed by atoms with Gasteiger partial charge in [-0.1, -0.05) is 0 Å². The predicted octanol–water partition coefficient (Wildman–Crippen LogP) is 9.02. The van der Waals surface area contributed by atoms with Crippen LogP contribution in [0.1, 0.15) is 59.1 Å². The van der Waals surface area contributed by atoms with Gasteiger partial charge in [-0.05, 0) is 0 Å². The van der Waals surface area contributed by atoms with Crippen LogP contribution in [0.4, 0.5) is 17.6 Å². The molecule has 2 heterocycles. The topological polar surface area (TPSA) is 9.86 Å². The Morgan fingerprint density at radius 2 is 0.857 bits per heavy atom. The van der Waals surface area contributed by atoms with Crippen LogP contribution in [0.15, 0.2) is 97.7 Å². The summed E-state index contributed by atoms with van der Waals surface area (Å²) in [4.78, 5) is 0. The summed E-state index contributed by atoms with van der Waals surface area (Å²) in [5, 5.41) is 0. The molecule has 7 heteroatoms. The Morgan fingerprint density at radius 3 is 1.20 bits per heavy atom. The van der Waals surface area contributed by atoms with E-state index in [9.17, 15) is 0 Å². The van der Waals surface area contributed by atoms with Crippen LogP contribution in [0.2, 0.25) is 8.45 Å². The molecule has 0 amide bonds. The molecule has 0 unspecified atom stereocenters. The first-order valence-corrected chi connectivity index (χ1v) is 21.3. The van der Waals surface area contributed by atoms with Crippen molar-refractivity contribution < 1.29 is 34.2 Å². The molecule has 2 aromatic heterocycles. The monoisotopic (exact) mass is 698 g/mol. The number of hydrogen-bond acceptors (Lipinski definition) is 0. The van der Waals surface area contributed by atoms with E-state index in [-0.39, 0.29) is 7.74 Å². The summed E-state index contributed by atoms with van der Waals surface area (Å²) in [7, 11) is 0. The third kappa shape index (κ3) is 5.89. The van der Waals surface area contributed by atoms with Crippen molar-refractivity contribution in [3.63, 3.8) is 0 Å². The minimum absolute atomic E-state index is 0.0975. The summed E-state index contributed by atoms with van der Waals surface area (Å²) < 4.78 is 70.6. The number of halogens is 4. The van der Waals surface area contributed by atoms with Crippen LogP contribution in [-0.2, 0) is 68.2 Å². The number of benzene rings is 2. The van der Waals surface area contributed by atoms with E-state index in [1.54, 1.807) is 0 Å². The third-order valence-corrected chi connectivity index (χ3v) is 19.9. The molecule has 0 aliphatic heterocycles. The van der Waals surface area contributed by atoms with Gasteiger partial charge in [0.25, 0.3) is 0 Å². The number of nitrogens with zero attached hydrogens (tertiary/aromatic N) is 2. The SMILES string of the molecule is Fc1ccc(CCn2cc3c(c2)CCCC3)c(F)[c]1[Ti]([c]1c(F)ccc(CCn2cc3c(c2)CCCC3)c1F)([CH]1C=CC=C1)[CH]1C=CC=C1. The molecule has 4 aliphatic rings. The molecular weight excluding hydrogens is 656 g/mol. The molecule has 0 fully saturated rings. The summed E-state index contributed by atoms with van der Waals surface area (Å²) in [6.07, 6.45) is 33.2. The standard InChI is InChI=1S/2C16H16F2N.2C5H5.Ti/c2*17-15-6-5-12(16(18)9-15)7-8-19-10-13-3-1-2-4-14(13)11-19;2*1-2-4-5-3-1;/h2*5-6,10-11H,1-4,7-8H2;2*1-5H;. The Bertz CT molecular complexity index is 1800. The number of fused-ring (bicyclic) bond motifs is 2. The second-order valence-corrected chi connectivity index (χ2v) is 20.6. The van der Waals surface area contributed by atoms with Gasteiger partial charge >= 0.3 is 291 Å². The Kier molecular flexibility index (Phi) is 9.05. The van der Waals surface area contributed by atoms with Crippen molar-refractivity contribution in [3.05, 3.63) is 154 Å². The van der Waals surface area contributed by atoms with Crippen molar-refractivity contribution in [2.24, 2.45) is 0 Å². The number of aryl methyl sites for hydroxylation is 8. The average molecular weight is 699 g/mol. The van der Waals surface area contributed by atoms with Gasteiger partial charge in [-0.25, -0.2) is 0 Å². The summed E-state index contributed by atoms with van der Waals surface area (Å²) in [5.74, 6) is -2.74. The first-order valence-electron chi connectivity index (χ1n) is 17.9. The van der Waals surface area contributed by atoms with E-state index < -0.39 is 48.3 Å². The van der Waals surface area contributed by atoms with E-state index >= 15 is 17.6 Å². The van der Waals surface area contributed by atoms with Gasteiger partial charge in [0, 0.05) is 0 Å². The van der Waals surface area contributed by atoms with Crippen LogP contribution >= 0.6 is 0 Å². The number of hydrogen-bond donors (Lipinski definition) is 0. The van der Waals surface area contributed by atoms with Crippen molar-refractivity contribution in [1.82, 2.24) is 9.13 Å². The van der Waals surface area contributed by atoms with Crippen molar-refractivity contribution in [1.29, 1.82) is 0 Å². The van der Waals surface area contributed by atoms with Crippen molar-refractivity contribution in [2.75, 3.05) is 0 Å². The third-order valence-electron chi connectivity index (χ3n) is 11.4. The number of aromatic nitrogens is 2. The minimum atomic E-state index is -4.81. The Hall–Kier alpha value is -3.61. The first-order chi connectivity index (χ1) is 23.9. The van der Waals surface area contributed by atoms with E-state index in [4.69, 9.17) is 0 Å². The molecule has 0 N–H and O–H groups in total. The maximum atomic E-state index is 17.2. The predicted molar refractivity (Wildman–Crippen MR) is 186 cm³/mol. The van der Waals surface area contributed by atoms with Gasteiger partial charge in [0.05, 0.1) is 0 Å². The Balaban J connectivity index is 1.22. The Morgan fingerprint density at radius 1 is 0.510 bits per heavy atom. The van der Waals surface area contributed by atoms with E-state index in [2.05, 4.69) is 33.9 Å². The first kappa shape index (κ1) is 32.6. The number of rotatable bonds is 10. The molecule has 4 aromatic rings. The van der Waals surface area contributed by atoms with Gasteiger partial charge in [0.15, 0.2) is 0 Å². The zero-order chi connectivity index (χ0) is 33.5. The summed E-state index contributed by atoms with van der Waals surface area (Å²) >= 11 is -4.81. The quantitative estimate of drug-likeness (QED) is 0.116. The fourth-order valence-electron chi connectivity index (χ4n) is 8.95. The zero-order valence-electron chi connectivity index (χ0n) is 27.8. The molecule has 49 heavy (non-hydrogen) atoms. The zero-order valence-corrected chi connectivity index (χ0v) is 29.3. The van der Waals surface area contributed by atoms with Crippen LogP contribution in [0, 0.1) is 23.3 Å². The van der Waals surface area contributed by atoms with E-state index in [0.717, 1.165) is 25.7 Å². The molecule has 2 nitrogen and oxygen atoms in total. The van der Waals surface area contributed by atoms with Crippen LogP contribution in [0.25, 0.3) is 0 Å². The molecule has 2 aromatic carbocycles. The van der Waals surface area contributed by atoms with Crippen LogP contribution in [-0.4, -0.2) is 9.13 Å². The van der Waals surface area contributed by atoms with Gasteiger partial charge in [-0.2, -0.15) is 0 Å². The van der Waals surface area contributed by atoms with E-state index in [1.165, 1.54) is 72.2 Å². The summed E-state index contributed by atoms with van der Waals surface area (Å²) in [5.41, 5.74) is 6.15. The van der Waals surface area contributed by atoms with E-state index in [1.807, 2.05) is 48.6 Å². The van der Waals surface area contributed by atoms with Crippen LogP contribution in [0.3, 0.4) is 0 Å². The second-order valence-electron chi connectivity index (χ2n) is 14.3. The average Bonchev–Trinajstić information content (AvgIpc) is 3.93. The molecule has 8 rings (SSSR count). The van der Waals surface area contributed by atoms with Gasteiger partial charge in [-0.15, -0.1) is 0 Å². The van der Waals surface area contributed by atoms with Gasteiger partial charge < -0.3 is 0 Å². The van der Waals surface area contributed by atoms with Gasteiger partial charge in [-0.3, -0.25) is 0 Å². The Labute approximate surface area is 289 Å². The number of allylic oxidation sites excluding steroid dienone is 8. The van der Waals surface area contributed by atoms with Crippen molar-refractivity contribution in [2.45, 2.75) is 85.7 Å². The van der Waals surface area contributed by atoms with Crippen LogP contribution < -0.4 is 7.74 Å². The molecule has 4 aliphatic carbocycles. The summed E-state index contributed by atoms with van der Waals surface area (Å²) in [6, 6.07) is 5.69. The van der Waals surface area contributed by atoms with Gasteiger partial charge in [0.1, 0.15) is 0 Å².